The molecular formula is C8H11B3O6. The molecule has 0 unspecified atom stereocenters. The minimum absolute atomic E-state index is 0.0331. The van der Waals surface area contributed by atoms with Crippen LogP contribution in [0.15, 0.2) is 0 Å². The van der Waals surface area contributed by atoms with Crippen molar-refractivity contribution in [1.82, 2.24) is 0 Å². The SMILES string of the molecule is C#CCOB1OB(OCC)OB(OCC#C)O1. The highest BCUT2D eigenvalue weighted by Crippen LogP contribution is 2.10. The van der Waals surface area contributed by atoms with Gasteiger partial charge < -0.3 is 27.7 Å². The van der Waals surface area contributed by atoms with Gasteiger partial charge >= 0.3 is 22.0 Å². The summed E-state index contributed by atoms with van der Waals surface area (Å²) >= 11 is 0. The molecule has 0 atom stereocenters. The molecule has 1 rings (SSSR count). The molecule has 1 aliphatic rings. The fourth-order valence-electron chi connectivity index (χ4n) is 0.972. The maximum absolute atomic E-state index is 5.12. The van der Waals surface area contributed by atoms with Gasteiger partial charge in [-0.2, -0.15) is 0 Å². The van der Waals surface area contributed by atoms with Gasteiger partial charge in [0, 0.05) is 6.61 Å². The maximum Gasteiger partial charge on any atom is 0.616 e. The summed E-state index contributed by atoms with van der Waals surface area (Å²) in [4.78, 5) is 0. The molecule has 1 saturated heterocycles. The van der Waals surface area contributed by atoms with E-state index in [2.05, 4.69) is 11.8 Å². The first-order valence-electron chi connectivity index (χ1n) is 4.98. The summed E-state index contributed by atoms with van der Waals surface area (Å²) in [7, 11) is -2.97. The molecule has 0 bridgehead atoms. The van der Waals surface area contributed by atoms with Crippen molar-refractivity contribution in [2.75, 3.05) is 19.8 Å². The fraction of sp³-hybridized carbons (Fsp3) is 0.500. The molecule has 88 valence electrons. The smallest absolute Gasteiger partial charge is 0.400 e. The Bertz CT molecular complexity index is 275. The number of rotatable bonds is 6. The van der Waals surface area contributed by atoms with Crippen molar-refractivity contribution >= 4 is 22.0 Å². The van der Waals surface area contributed by atoms with E-state index in [1.54, 1.807) is 6.92 Å². The van der Waals surface area contributed by atoms with E-state index in [4.69, 9.17) is 40.5 Å². The van der Waals surface area contributed by atoms with Crippen LogP contribution in [0.25, 0.3) is 0 Å². The van der Waals surface area contributed by atoms with Gasteiger partial charge in [-0.1, -0.05) is 11.8 Å². The van der Waals surface area contributed by atoms with Crippen LogP contribution in [0.2, 0.25) is 0 Å². The maximum atomic E-state index is 5.12. The first kappa shape index (κ1) is 14.1. The molecular weight excluding hydrogens is 225 g/mol. The van der Waals surface area contributed by atoms with E-state index in [9.17, 15) is 0 Å². The Morgan fingerprint density at radius 2 is 1.29 bits per heavy atom. The monoisotopic (exact) mass is 236 g/mol. The second-order valence-electron chi connectivity index (χ2n) is 2.76. The lowest BCUT2D eigenvalue weighted by Gasteiger charge is -2.27. The summed E-state index contributed by atoms with van der Waals surface area (Å²) in [5.74, 6) is 4.57. The van der Waals surface area contributed by atoms with Crippen LogP contribution in [-0.4, -0.2) is 41.8 Å². The lowest BCUT2D eigenvalue weighted by Crippen LogP contribution is -2.52. The van der Waals surface area contributed by atoms with Crippen LogP contribution < -0.4 is 0 Å². The highest BCUT2D eigenvalue weighted by atomic mass is 16.9. The van der Waals surface area contributed by atoms with E-state index in [1.807, 2.05) is 0 Å². The van der Waals surface area contributed by atoms with Crippen molar-refractivity contribution in [3.63, 3.8) is 0 Å². The summed E-state index contributed by atoms with van der Waals surface area (Å²) in [5, 5.41) is 0. The predicted molar refractivity (Wildman–Crippen MR) is 61.7 cm³/mol. The predicted octanol–water partition coefficient (Wildman–Crippen LogP) is -0.659. The summed E-state index contributed by atoms with van der Waals surface area (Å²) in [5.41, 5.74) is 0. The molecule has 0 spiro atoms. The van der Waals surface area contributed by atoms with Crippen molar-refractivity contribution < 1.29 is 27.7 Å². The quantitative estimate of drug-likeness (QED) is 0.450. The molecule has 0 aromatic heterocycles. The molecule has 0 aliphatic carbocycles. The molecule has 9 heteroatoms. The van der Waals surface area contributed by atoms with Crippen LogP contribution in [0.4, 0.5) is 0 Å². The van der Waals surface area contributed by atoms with Crippen molar-refractivity contribution in [2.45, 2.75) is 6.92 Å². The second kappa shape index (κ2) is 8.21. The van der Waals surface area contributed by atoms with Gasteiger partial charge in [0.05, 0.1) is 13.2 Å². The van der Waals surface area contributed by atoms with E-state index in [1.165, 1.54) is 0 Å². The van der Waals surface area contributed by atoms with Gasteiger partial charge in [0.25, 0.3) is 0 Å². The largest absolute Gasteiger partial charge is 0.616 e. The highest BCUT2D eigenvalue weighted by Gasteiger charge is 2.46. The Hall–Kier alpha value is -0.925. The third-order valence-corrected chi connectivity index (χ3v) is 1.57. The van der Waals surface area contributed by atoms with Crippen LogP contribution in [0, 0.1) is 24.7 Å². The van der Waals surface area contributed by atoms with Gasteiger partial charge in [-0.25, -0.2) is 0 Å². The normalized spacial score (nSPS) is 15.6. The standard InChI is InChI=1S/C8H11B3O6/c1-4-7-13-10-15-9(12-6-3)16-11(17-10)14-8-5-2/h1-2H,6-8H2,3H3. The van der Waals surface area contributed by atoms with E-state index < -0.39 is 22.0 Å². The van der Waals surface area contributed by atoms with Gasteiger partial charge in [-0.15, -0.1) is 12.8 Å². The Labute approximate surface area is 102 Å². The molecule has 0 aromatic rings. The Balaban J connectivity index is 2.44. The third-order valence-electron chi connectivity index (χ3n) is 1.57. The van der Waals surface area contributed by atoms with Gasteiger partial charge in [-0.3, -0.25) is 0 Å². The molecule has 0 amide bonds. The molecule has 6 nitrogen and oxygen atoms in total. The number of terminal acetylenes is 2. The Morgan fingerprint density at radius 3 is 1.65 bits per heavy atom. The molecule has 1 aliphatic heterocycles. The van der Waals surface area contributed by atoms with Crippen molar-refractivity contribution in [3.8, 4) is 24.7 Å². The number of hydrogen-bond acceptors (Lipinski definition) is 6. The molecule has 1 fully saturated rings. The molecule has 0 aromatic carbocycles. The Morgan fingerprint density at radius 1 is 0.882 bits per heavy atom. The van der Waals surface area contributed by atoms with Crippen LogP contribution in [0.3, 0.4) is 0 Å². The van der Waals surface area contributed by atoms with Gasteiger partial charge in [-0.05, 0) is 6.92 Å². The average molecular weight is 236 g/mol. The van der Waals surface area contributed by atoms with E-state index >= 15 is 0 Å². The van der Waals surface area contributed by atoms with Crippen molar-refractivity contribution in [2.24, 2.45) is 0 Å². The Kier molecular flexibility index (Phi) is 6.83. The van der Waals surface area contributed by atoms with E-state index in [0.717, 1.165) is 0 Å². The van der Waals surface area contributed by atoms with E-state index in [-0.39, 0.29) is 13.2 Å². The van der Waals surface area contributed by atoms with Gasteiger partial charge in [0.1, 0.15) is 0 Å². The molecule has 1 heterocycles. The molecule has 0 radical (unpaired) electrons. The van der Waals surface area contributed by atoms with Crippen LogP contribution in [-0.2, 0) is 27.7 Å². The highest BCUT2D eigenvalue weighted by molar-refractivity contribution is 6.66. The molecule has 0 N–H and O–H groups in total. The van der Waals surface area contributed by atoms with Crippen LogP contribution in [0.5, 0.6) is 0 Å². The summed E-state index contributed by atoms with van der Waals surface area (Å²) in [6.07, 6.45) is 10.1. The second-order valence-corrected chi connectivity index (χ2v) is 2.76. The molecule has 17 heavy (non-hydrogen) atoms. The minimum Gasteiger partial charge on any atom is -0.400 e. The first-order valence-corrected chi connectivity index (χ1v) is 4.98. The van der Waals surface area contributed by atoms with Crippen molar-refractivity contribution in [3.05, 3.63) is 0 Å². The zero-order valence-corrected chi connectivity index (χ0v) is 9.46. The average Bonchev–Trinajstić information content (AvgIpc) is 2.34. The van der Waals surface area contributed by atoms with Gasteiger partial charge in [0.15, 0.2) is 0 Å². The third kappa shape index (κ3) is 5.29. The lowest BCUT2D eigenvalue weighted by molar-refractivity contribution is 0.0787. The zero-order valence-electron chi connectivity index (χ0n) is 9.46. The van der Waals surface area contributed by atoms with E-state index in [0.29, 0.717) is 6.61 Å². The lowest BCUT2D eigenvalue weighted by atomic mass is 9.96. The zero-order chi connectivity index (χ0) is 12.5. The fourth-order valence-corrected chi connectivity index (χ4v) is 0.972. The summed E-state index contributed by atoms with van der Waals surface area (Å²) in [6.45, 7) is 2.25. The number of hydrogen-bond donors (Lipinski definition) is 0. The minimum atomic E-state index is -1.01. The van der Waals surface area contributed by atoms with Crippen LogP contribution in [0.1, 0.15) is 6.92 Å². The summed E-state index contributed by atoms with van der Waals surface area (Å²) < 4.78 is 30.6. The van der Waals surface area contributed by atoms with Crippen LogP contribution >= 0.6 is 0 Å². The summed E-state index contributed by atoms with van der Waals surface area (Å²) in [6, 6.07) is 0. The molecule has 0 saturated carbocycles. The van der Waals surface area contributed by atoms with Crippen molar-refractivity contribution in [1.29, 1.82) is 0 Å². The van der Waals surface area contributed by atoms with Gasteiger partial charge in [0.2, 0.25) is 0 Å². The topological polar surface area (TPSA) is 55.4 Å². The first-order chi connectivity index (χ1) is 8.30.